The van der Waals surface area contributed by atoms with Crippen molar-refractivity contribution < 1.29 is 32.5 Å². The van der Waals surface area contributed by atoms with Crippen LogP contribution >= 0.6 is 0 Å². The zero-order chi connectivity index (χ0) is 27.2. The van der Waals surface area contributed by atoms with Gasteiger partial charge in [0, 0.05) is 25.5 Å². The van der Waals surface area contributed by atoms with Gasteiger partial charge in [0.15, 0.2) is 17.1 Å². The smallest absolute Gasteiger partial charge is 0.416 e. The lowest BCUT2D eigenvalue weighted by Gasteiger charge is -2.24. The number of hydrogen-bond donors (Lipinski definition) is 1. The highest BCUT2D eigenvalue weighted by atomic mass is 19.4. The Morgan fingerprint density at radius 3 is 2.14 bits per heavy atom. The molecule has 0 saturated carbocycles. The van der Waals surface area contributed by atoms with Crippen molar-refractivity contribution in [1.82, 2.24) is 9.97 Å². The summed E-state index contributed by atoms with van der Waals surface area (Å²) in [5.74, 6) is 0.0577. The predicted molar refractivity (Wildman–Crippen MR) is 133 cm³/mol. The first kappa shape index (κ1) is 27.8. The summed E-state index contributed by atoms with van der Waals surface area (Å²) >= 11 is 0. The maximum absolute atomic E-state index is 13.0. The molecule has 0 amide bonds. The number of ether oxygens (including phenoxy) is 2. The molecule has 2 aromatic carbocycles. The van der Waals surface area contributed by atoms with Crippen LogP contribution in [0.5, 0.6) is 11.5 Å². The van der Waals surface area contributed by atoms with E-state index in [1.54, 1.807) is 24.5 Å². The zero-order valence-electron chi connectivity index (χ0n) is 21.2. The van der Waals surface area contributed by atoms with Crippen LogP contribution in [-0.4, -0.2) is 40.3 Å². The van der Waals surface area contributed by atoms with Crippen LogP contribution in [0.3, 0.4) is 0 Å². The van der Waals surface area contributed by atoms with Gasteiger partial charge in [-0.1, -0.05) is 25.1 Å². The summed E-state index contributed by atoms with van der Waals surface area (Å²) in [6, 6.07) is 10.3. The summed E-state index contributed by atoms with van der Waals surface area (Å²) in [7, 11) is 1.47. The molecule has 0 aliphatic heterocycles. The number of alkyl halides is 3. The number of hydrogen-bond acceptors (Lipinski definition) is 6. The van der Waals surface area contributed by atoms with E-state index < -0.39 is 23.3 Å². The number of carboxylic acids is 1. The molecule has 10 heteroatoms. The third kappa shape index (κ3) is 7.34. The number of nitrogens with zero attached hydrogens (tertiary/aromatic N) is 3. The van der Waals surface area contributed by atoms with Crippen LogP contribution in [0, 0.1) is 0 Å². The molecule has 198 valence electrons. The number of methoxy groups -OCH3 is 1. The Balaban J connectivity index is 1.81. The maximum Gasteiger partial charge on any atom is 0.416 e. The topological polar surface area (TPSA) is 84.8 Å². The van der Waals surface area contributed by atoms with E-state index in [0.29, 0.717) is 42.5 Å². The van der Waals surface area contributed by atoms with Crippen LogP contribution < -0.4 is 14.4 Å². The van der Waals surface area contributed by atoms with E-state index in [9.17, 15) is 23.1 Å². The first-order valence-corrected chi connectivity index (χ1v) is 11.7. The Morgan fingerprint density at radius 2 is 1.59 bits per heavy atom. The largest absolute Gasteiger partial charge is 0.493 e. The lowest BCUT2D eigenvalue weighted by atomic mass is 10.1. The molecule has 0 atom stereocenters. The van der Waals surface area contributed by atoms with Crippen LogP contribution in [0.2, 0.25) is 0 Å². The number of carbonyl (C=O) groups is 1. The molecule has 0 aliphatic rings. The third-order valence-electron chi connectivity index (χ3n) is 5.82. The highest BCUT2D eigenvalue weighted by Crippen LogP contribution is 2.32. The van der Waals surface area contributed by atoms with Gasteiger partial charge in [-0.25, -0.2) is 14.8 Å². The van der Waals surface area contributed by atoms with Crippen molar-refractivity contribution in [1.29, 1.82) is 0 Å². The minimum atomic E-state index is -4.40. The number of anilines is 1. The predicted octanol–water partition coefficient (Wildman–Crippen LogP) is 5.56. The Kier molecular flexibility index (Phi) is 8.62. The number of carboxylic acid groups (broad SMARTS) is 1. The molecular formula is C27H30F3N3O4. The minimum absolute atomic E-state index is 0.304. The van der Waals surface area contributed by atoms with Crippen molar-refractivity contribution in [2.45, 2.75) is 51.9 Å². The highest BCUT2D eigenvalue weighted by Gasteiger charge is 2.31. The normalized spacial score (nSPS) is 11.8. The lowest BCUT2D eigenvalue weighted by Crippen LogP contribution is -2.38. The van der Waals surface area contributed by atoms with Gasteiger partial charge in [0.2, 0.25) is 5.95 Å². The number of rotatable bonds is 11. The van der Waals surface area contributed by atoms with E-state index in [-0.39, 0.29) is 0 Å². The van der Waals surface area contributed by atoms with Crippen molar-refractivity contribution in [3.63, 3.8) is 0 Å². The molecule has 0 unspecified atom stereocenters. The van der Waals surface area contributed by atoms with Gasteiger partial charge in [0.05, 0.1) is 12.7 Å². The molecule has 0 aliphatic carbocycles. The molecule has 0 fully saturated rings. The summed E-state index contributed by atoms with van der Waals surface area (Å²) < 4.78 is 50.0. The number of halogens is 3. The molecule has 0 saturated heterocycles. The van der Waals surface area contributed by atoms with Crippen LogP contribution in [0.15, 0.2) is 54.9 Å². The standard InChI is InChI=1S/C27H30F3N3O4/c1-5-18-15-31-25(32-16-18)33(17-20-6-9-21(10-7-20)27(28,29)30)13-12-19-8-11-22(23(14-19)36-4)37-26(2,3)24(34)35/h6-11,14-16H,5,12-13,17H2,1-4H3,(H,34,35). The van der Waals surface area contributed by atoms with Crippen molar-refractivity contribution in [3.05, 3.63) is 77.1 Å². The minimum Gasteiger partial charge on any atom is -0.493 e. The Labute approximate surface area is 213 Å². The second kappa shape index (κ2) is 11.5. The first-order valence-electron chi connectivity index (χ1n) is 11.7. The van der Waals surface area contributed by atoms with Gasteiger partial charge >= 0.3 is 12.1 Å². The van der Waals surface area contributed by atoms with Crippen LogP contribution in [-0.2, 0) is 30.4 Å². The van der Waals surface area contributed by atoms with E-state index in [0.717, 1.165) is 29.7 Å². The quantitative estimate of drug-likeness (QED) is 0.357. The average Bonchev–Trinajstić information content (AvgIpc) is 2.86. The fraction of sp³-hybridized carbons (Fsp3) is 0.370. The number of aliphatic carboxylic acids is 1. The Bertz CT molecular complexity index is 1200. The fourth-order valence-electron chi connectivity index (χ4n) is 3.50. The van der Waals surface area contributed by atoms with Gasteiger partial charge in [-0.3, -0.25) is 0 Å². The highest BCUT2D eigenvalue weighted by molar-refractivity contribution is 5.77. The molecule has 1 heterocycles. The molecular weight excluding hydrogens is 487 g/mol. The van der Waals surface area contributed by atoms with Gasteiger partial charge in [0.25, 0.3) is 0 Å². The van der Waals surface area contributed by atoms with E-state index in [1.165, 1.54) is 33.1 Å². The summed E-state index contributed by atoms with van der Waals surface area (Å²) in [5, 5.41) is 9.34. The van der Waals surface area contributed by atoms with Crippen LogP contribution in [0.25, 0.3) is 0 Å². The average molecular weight is 518 g/mol. The molecule has 1 aromatic heterocycles. The molecule has 0 bridgehead atoms. The summed E-state index contributed by atoms with van der Waals surface area (Å²) in [4.78, 5) is 22.2. The van der Waals surface area contributed by atoms with Gasteiger partial charge < -0.3 is 19.5 Å². The van der Waals surface area contributed by atoms with E-state index in [2.05, 4.69) is 9.97 Å². The first-order chi connectivity index (χ1) is 17.4. The summed E-state index contributed by atoms with van der Waals surface area (Å²) in [6.45, 7) is 5.68. The van der Waals surface area contributed by atoms with Gasteiger partial charge in [0.1, 0.15) is 0 Å². The SMILES string of the molecule is CCc1cnc(N(CCc2ccc(OC(C)(C)C(=O)O)c(OC)c2)Cc2ccc(C(F)(F)F)cc2)nc1. The zero-order valence-corrected chi connectivity index (χ0v) is 21.2. The number of aromatic nitrogens is 2. The molecule has 0 radical (unpaired) electrons. The maximum atomic E-state index is 13.0. The molecule has 0 spiro atoms. The second-order valence-electron chi connectivity index (χ2n) is 9.01. The van der Waals surface area contributed by atoms with Gasteiger partial charge in [-0.15, -0.1) is 0 Å². The molecule has 37 heavy (non-hydrogen) atoms. The lowest BCUT2D eigenvalue weighted by molar-refractivity contribution is -0.152. The number of benzene rings is 2. The molecule has 3 rings (SSSR count). The fourth-order valence-corrected chi connectivity index (χ4v) is 3.50. The third-order valence-corrected chi connectivity index (χ3v) is 5.82. The van der Waals surface area contributed by atoms with Gasteiger partial charge in [-0.05, 0) is 67.6 Å². The van der Waals surface area contributed by atoms with Gasteiger partial charge in [-0.2, -0.15) is 13.2 Å². The molecule has 3 aromatic rings. The van der Waals surface area contributed by atoms with Crippen molar-refractivity contribution in [2.75, 3.05) is 18.6 Å². The van der Waals surface area contributed by atoms with Crippen molar-refractivity contribution in [2.24, 2.45) is 0 Å². The molecule has 7 nitrogen and oxygen atoms in total. The van der Waals surface area contributed by atoms with E-state index in [4.69, 9.17) is 9.47 Å². The van der Waals surface area contributed by atoms with Crippen molar-refractivity contribution in [3.8, 4) is 11.5 Å². The van der Waals surface area contributed by atoms with Crippen LogP contribution in [0.4, 0.5) is 19.1 Å². The number of aryl methyl sites for hydroxylation is 1. The summed E-state index contributed by atoms with van der Waals surface area (Å²) in [6.07, 6.45) is 0.402. The van der Waals surface area contributed by atoms with Crippen LogP contribution in [0.1, 0.15) is 43.0 Å². The van der Waals surface area contributed by atoms with E-state index >= 15 is 0 Å². The summed E-state index contributed by atoms with van der Waals surface area (Å²) in [5.41, 5.74) is 0.415. The Hall–Kier alpha value is -3.82. The second-order valence-corrected chi connectivity index (χ2v) is 9.01. The monoisotopic (exact) mass is 517 g/mol. The van der Waals surface area contributed by atoms with E-state index in [1.807, 2.05) is 17.9 Å². The van der Waals surface area contributed by atoms with Crippen molar-refractivity contribution >= 4 is 11.9 Å². The molecule has 1 N–H and O–H groups in total. The Morgan fingerprint density at radius 1 is 0.973 bits per heavy atom.